The number of hydrogen-bond acceptors (Lipinski definition) is 2. The first-order valence-electron chi connectivity index (χ1n) is 9.12. The Balaban J connectivity index is 0.00000225. The van der Waals surface area contributed by atoms with Crippen LogP contribution < -0.4 is 62.9 Å². The molecule has 0 unspecified atom stereocenters. The molecule has 0 amide bonds. The Kier molecular flexibility index (Phi) is 9.08. The quantitative estimate of drug-likeness (QED) is 0.413. The number of esters is 1. The average molecular weight is 437 g/mol. The van der Waals surface area contributed by atoms with E-state index in [-0.39, 0.29) is 80.8 Å². The minimum Gasteiger partial charge on any atom is -0.450 e. The molecule has 2 nitrogen and oxygen atoms in total. The van der Waals surface area contributed by atoms with Gasteiger partial charge in [0, 0.05) is 0 Å². The van der Waals surface area contributed by atoms with Gasteiger partial charge in [0.15, 0.2) is 0 Å². The van der Waals surface area contributed by atoms with Crippen molar-refractivity contribution in [3.63, 3.8) is 0 Å². The zero-order valence-electron chi connectivity index (χ0n) is 15.2. The summed E-state index contributed by atoms with van der Waals surface area (Å²) < 4.78 is 19.1. The first kappa shape index (κ1) is 22.0. The SMILES string of the molecule is CC1CCC(C2CCC(C(=O)Oc3cc[c-]c(Cl)c3F)CC2)CC1.[Rb+]. The van der Waals surface area contributed by atoms with E-state index in [0.29, 0.717) is 0 Å². The first-order chi connectivity index (χ1) is 11.5. The molecule has 0 saturated heterocycles. The summed E-state index contributed by atoms with van der Waals surface area (Å²) in [5.74, 6) is 1.21. The minimum atomic E-state index is -0.711. The summed E-state index contributed by atoms with van der Waals surface area (Å²) in [7, 11) is 0. The summed E-state index contributed by atoms with van der Waals surface area (Å²) in [5.41, 5.74) is 0. The molecule has 1 aromatic rings. The maximum Gasteiger partial charge on any atom is 1.00 e. The van der Waals surface area contributed by atoms with Gasteiger partial charge in [0.25, 0.3) is 0 Å². The summed E-state index contributed by atoms with van der Waals surface area (Å²) in [4.78, 5) is 12.3. The predicted octanol–water partition coefficient (Wildman–Crippen LogP) is 2.82. The molecule has 2 aliphatic carbocycles. The van der Waals surface area contributed by atoms with Gasteiger partial charge in [0.1, 0.15) is 0 Å². The molecule has 0 bridgehead atoms. The third-order valence-electron chi connectivity index (χ3n) is 5.90. The van der Waals surface area contributed by atoms with Gasteiger partial charge in [0.2, 0.25) is 0 Å². The van der Waals surface area contributed by atoms with E-state index in [4.69, 9.17) is 16.3 Å². The molecule has 1 aromatic carbocycles. The van der Waals surface area contributed by atoms with Gasteiger partial charge >= 0.3 is 64.2 Å². The molecule has 0 aromatic heterocycles. The van der Waals surface area contributed by atoms with E-state index in [2.05, 4.69) is 13.0 Å². The Morgan fingerprint density at radius 3 is 2.28 bits per heavy atom. The summed E-state index contributed by atoms with van der Waals surface area (Å²) >= 11 is 5.68. The molecule has 0 N–H and O–H groups in total. The monoisotopic (exact) mass is 436 g/mol. The normalized spacial score (nSPS) is 29.6. The van der Waals surface area contributed by atoms with E-state index < -0.39 is 5.82 Å². The predicted molar refractivity (Wildman–Crippen MR) is 92.5 cm³/mol. The van der Waals surface area contributed by atoms with E-state index in [9.17, 15) is 9.18 Å². The van der Waals surface area contributed by atoms with Gasteiger partial charge in [-0.3, -0.25) is 9.18 Å². The van der Waals surface area contributed by atoms with Crippen molar-refractivity contribution in [1.29, 1.82) is 0 Å². The van der Waals surface area contributed by atoms with E-state index in [1.54, 1.807) is 0 Å². The van der Waals surface area contributed by atoms with Crippen molar-refractivity contribution in [3.05, 3.63) is 29.0 Å². The van der Waals surface area contributed by atoms with E-state index in [0.717, 1.165) is 43.4 Å². The Labute approximate surface area is 204 Å². The van der Waals surface area contributed by atoms with Crippen LogP contribution in [0.4, 0.5) is 4.39 Å². The third kappa shape index (κ3) is 5.84. The zero-order chi connectivity index (χ0) is 17.1. The van der Waals surface area contributed by atoms with Crippen molar-refractivity contribution >= 4 is 17.6 Å². The number of carbonyl (C=O) groups is 1. The molecule has 2 fully saturated rings. The molecular weight excluding hydrogens is 412 g/mol. The first-order valence-corrected chi connectivity index (χ1v) is 9.49. The third-order valence-corrected chi connectivity index (χ3v) is 6.17. The smallest absolute Gasteiger partial charge is 0.450 e. The van der Waals surface area contributed by atoms with Crippen molar-refractivity contribution in [2.24, 2.45) is 23.7 Å². The Bertz CT molecular complexity index is 579. The molecule has 2 saturated carbocycles. The van der Waals surface area contributed by atoms with Crippen LogP contribution in [0.1, 0.15) is 58.3 Å². The average Bonchev–Trinajstić information content (AvgIpc) is 2.60. The molecular formula is C20H25ClFO2Rb. The maximum atomic E-state index is 13.8. The van der Waals surface area contributed by atoms with Crippen LogP contribution >= 0.6 is 11.6 Å². The van der Waals surface area contributed by atoms with Crippen LogP contribution in [-0.2, 0) is 4.79 Å². The number of rotatable bonds is 3. The number of halogens is 2. The summed E-state index contributed by atoms with van der Waals surface area (Å²) in [6.45, 7) is 2.34. The second-order valence-electron chi connectivity index (χ2n) is 7.52. The van der Waals surface area contributed by atoms with Gasteiger partial charge in [0.05, 0.1) is 17.5 Å². The van der Waals surface area contributed by atoms with Crippen LogP contribution in [0.5, 0.6) is 5.75 Å². The van der Waals surface area contributed by atoms with Crippen molar-refractivity contribution in [1.82, 2.24) is 0 Å². The van der Waals surface area contributed by atoms with Crippen LogP contribution in [0, 0.1) is 35.6 Å². The molecule has 3 rings (SSSR count). The fraction of sp³-hybridized carbons (Fsp3) is 0.650. The van der Waals surface area contributed by atoms with Gasteiger partial charge in [-0.1, -0.05) is 19.8 Å². The summed E-state index contributed by atoms with van der Waals surface area (Å²) in [6.07, 6.45) is 9.24. The van der Waals surface area contributed by atoms with Crippen LogP contribution in [0.2, 0.25) is 5.02 Å². The minimum absolute atomic E-state index is 0. The molecule has 25 heavy (non-hydrogen) atoms. The van der Waals surface area contributed by atoms with Crippen molar-refractivity contribution in [2.45, 2.75) is 58.3 Å². The fourth-order valence-corrected chi connectivity index (χ4v) is 4.45. The topological polar surface area (TPSA) is 26.3 Å². The van der Waals surface area contributed by atoms with E-state index in [1.165, 1.54) is 37.8 Å². The Morgan fingerprint density at radius 2 is 1.68 bits per heavy atom. The zero-order valence-corrected chi connectivity index (χ0v) is 20.9. The second kappa shape index (κ2) is 10.3. The second-order valence-corrected chi connectivity index (χ2v) is 7.90. The molecule has 0 heterocycles. The van der Waals surface area contributed by atoms with E-state index in [1.807, 2.05) is 0 Å². The summed E-state index contributed by atoms with van der Waals surface area (Å²) in [6, 6.07) is 5.40. The largest absolute Gasteiger partial charge is 1.00 e. The van der Waals surface area contributed by atoms with Gasteiger partial charge < -0.3 is 4.74 Å². The standard InChI is InChI=1S/C20H25ClFO2.Rb/c1-13-5-7-14(8-6-13)15-9-11-16(12-10-15)20(23)24-18-4-2-3-17(21)19(18)22;/h2,4,13-16H,5-12H2,1H3;/q-1;+1. The number of carbonyl (C=O) groups excluding carboxylic acids is 1. The number of hydrogen-bond donors (Lipinski definition) is 0. The van der Waals surface area contributed by atoms with Crippen LogP contribution in [0.15, 0.2) is 12.1 Å². The molecule has 132 valence electrons. The Hall–Kier alpha value is 0.715. The summed E-state index contributed by atoms with van der Waals surface area (Å²) in [5, 5.41) is -0.143. The molecule has 0 spiro atoms. The van der Waals surface area contributed by atoms with Crippen molar-refractivity contribution in [3.8, 4) is 5.75 Å². The molecule has 5 heteroatoms. The number of ether oxygens (including phenoxy) is 1. The van der Waals surface area contributed by atoms with E-state index >= 15 is 0 Å². The maximum absolute atomic E-state index is 13.8. The molecule has 0 aliphatic heterocycles. The van der Waals surface area contributed by atoms with Gasteiger partial charge in [-0.15, -0.1) is 17.7 Å². The van der Waals surface area contributed by atoms with Crippen LogP contribution in [0.25, 0.3) is 0 Å². The van der Waals surface area contributed by atoms with Gasteiger partial charge in [-0.2, -0.15) is 12.1 Å². The van der Waals surface area contributed by atoms with Crippen molar-refractivity contribution < 1.29 is 72.1 Å². The molecule has 0 radical (unpaired) electrons. The molecule has 0 atom stereocenters. The Morgan fingerprint density at radius 1 is 1.12 bits per heavy atom. The van der Waals surface area contributed by atoms with Crippen LogP contribution in [0.3, 0.4) is 0 Å². The molecule has 2 aliphatic rings. The fourth-order valence-electron chi connectivity index (χ4n) is 4.29. The van der Waals surface area contributed by atoms with Gasteiger partial charge in [-0.05, 0) is 61.3 Å². The number of benzene rings is 1. The van der Waals surface area contributed by atoms with Crippen molar-refractivity contribution in [2.75, 3.05) is 0 Å². The van der Waals surface area contributed by atoms with Crippen LogP contribution in [-0.4, -0.2) is 5.97 Å². The van der Waals surface area contributed by atoms with Gasteiger partial charge in [-0.25, -0.2) is 0 Å².